The molecule has 0 aromatic carbocycles. The van der Waals surface area contributed by atoms with Crippen LogP contribution in [0.3, 0.4) is 0 Å². The molecule has 2 fully saturated rings. The maximum Gasteiger partial charge on any atom is 0.236 e. The summed E-state index contributed by atoms with van der Waals surface area (Å²) in [6, 6.07) is 1.06. The molecule has 0 saturated heterocycles. The van der Waals surface area contributed by atoms with Gasteiger partial charge in [0, 0.05) is 25.7 Å². The average Bonchev–Trinajstić information content (AvgIpc) is 3.03. The SMILES string of the molecule is COCCN(C(=O)CNC1CCCC1)C1CC1. The average molecular weight is 240 g/mol. The predicted octanol–water partition coefficient (Wildman–Crippen LogP) is 1.16. The highest BCUT2D eigenvalue weighted by Gasteiger charge is 2.32. The molecule has 17 heavy (non-hydrogen) atoms. The molecule has 2 aliphatic rings. The van der Waals surface area contributed by atoms with E-state index < -0.39 is 0 Å². The molecule has 1 amide bonds. The van der Waals surface area contributed by atoms with Crippen LogP contribution < -0.4 is 5.32 Å². The van der Waals surface area contributed by atoms with E-state index in [9.17, 15) is 4.79 Å². The molecule has 1 N–H and O–H groups in total. The van der Waals surface area contributed by atoms with Crippen LogP contribution in [0, 0.1) is 0 Å². The van der Waals surface area contributed by atoms with Crippen molar-refractivity contribution >= 4 is 5.91 Å². The highest BCUT2D eigenvalue weighted by atomic mass is 16.5. The largest absolute Gasteiger partial charge is 0.383 e. The molecule has 0 spiro atoms. The summed E-state index contributed by atoms with van der Waals surface area (Å²) in [6.07, 6.45) is 7.41. The fourth-order valence-corrected chi connectivity index (χ4v) is 2.55. The summed E-state index contributed by atoms with van der Waals surface area (Å²) in [5.41, 5.74) is 0. The van der Waals surface area contributed by atoms with Gasteiger partial charge in [0.05, 0.1) is 13.2 Å². The van der Waals surface area contributed by atoms with E-state index in [-0.39, 0.29) is 5.91 Å². The molecule has 0 radical (unpaired) electrons. The van der Waals surface area contributed by atoms with Crippen LogP contribution in [0.4, 0.5) is 0 Å². The highest BCUT2D eigenvalue weighted by molar-refractivity contribution is 5.79. The lowest BCUT2D eigenvalue weighted by Crippen LogP contribution is -2.43. The standard InChI is InChI=1S/C13H24N2O2/c1-17-9-8-15(12-6-7-12)13(16)10-14-11-4-2-3-5-11/h11-12,14H,2-10H2,1H3. The van der Waals surface area contributed by atoms with Gasteiger partial charge in [-0.1, -0.05) is 12.8 Å². The van der Waals surface area contributed by atoms with Crippen LogP contribution in [-0.4, -0.2) is 49.7 Å². The Morgan fingerprint density at radius 2 is 2.00 bits per heavy atom. The van der Waals surface area contributed by atoms with Gasteiger partial charge >= 0.3 is 0 Å². The van der Waals surface area contributed by atoms with Crippen LogP contribution in [-0.2, 0) is 9.53 Å². The van der Waals surface area contributed by atoms with Gasteiger partial charge in [0.15, 0.2) is 0 Å². The molecule has 2 rings (SSSR count). The van der Waals surface area contributed by atoms with Gasteiger partial charge in [-0.25, -0.2) is 0 Å². The van der Waals surface area contributed by atoms with Crippen LogP contribution in [0.2, 0.25) is 0 Å². The monoisotopic (exact) mass is 240 g/mol. The van der Waals surface area contributed by atoms with E-state index in [1.54, 1.807) is 7.11 Å². The second-order valence-corrected chi connectivity index (χ2v) is 5.17. The maximum atomic E-state index is 12.1. The molecular formula is C13H24N2O2. The van der Waals surface area contributed by atoms with Crippen molar-refractivity contribution in [1.82, 2.24) is 10.2 Å². The zero-order valence-corrected chi connectivity index (χ0v) is 10.8. The van der Waals surface area contributed by atoms with Gasteiger partial charge in [-0.15, -0.1) is 0 Å². The van der Waals surface area contributed by atoms with Crippen molar-refractivity contribution in [3.05, 3.63) is 0 Å². The number of carbonyl (C=O) groups is 1. The van der Waals surface area contributed by atoms with Crippen molar-refractivity contribution in [2.75, 3.05) is 26.8 Å². The summed E-state index contributed by atoms with van der Waals surface area (Å²) in [5, 5.41) is 3.39. The molecular weight excluding hydrogens is 216 g/mol. The Morgan fingerprint density at radius 1 is 1.29 bits per heavy atom. The molecule has 2 saturated carbocycles. The molecule has 98 valence electrons. The Bertz CT molecular complexity index is 248. The van der Waals surface area contributed by atoms with E-state index in [1.165, 1.54) is 38.5 Å². The van der Waals surface area contributed by atoms with Crippen molar-refractivity contribution in [1.29, 1.82) is 0 Å². The third-order valence-corrected chi connectivity index (χ3v) is 3.74. The number of rotatable bonds is 7. The summed E-state index contributed by atoms with van der Waals surface area (Å²) in [4.78, 5) is 14.1. The second-order valence-electron chi connectivity index (χ2n) is 5.17. The minimum absolute atomic E-state index is 0.247. The number of amides is 1. The van der Waals surface area contributed by atoms with E-state index in [2.05, 4.69) is 5.32 Å². The quantitative estimate of drug-likeness (QED) is 0.726. The minimum atomic E-state index is 0.247. The molecule has 0 aliphatic heterocycles. The van der Waals surface area contributed by atoms with Crippen LogP contribution in [0.5, 0.6) is 0 Å². The van der Waals surface area contributed by atoms with Gasteiger partial charge in [-0.2, -0.15) is 0 Å². The lowest BCUT2D eigenvalue weighted by atomic mass is 10.2. The molecule has 0 heterocycles. The van der Waals surface area contributed by atoms with Crippen LogP contribution in [0.15, 0.2) is 0 Å². The van der Waals surface area contributed by atoms with Gasteiger partial charge in [0.2, 0.25) is 5.91 Å². The fourth-order valence-electron chi connectivity index (χ4n) is 2.55. The van der Waals surface area contributed by atoms with Crippen molar-refractivity contribution in [2.24, 2.45) is 0 Å². The highest BCUT2D eigenvalue weighted by Crippen LogP contribution is 2.26. The summed E-state index contributed by atoms with van der Waals surface area (Å²) in [6.45, 7) is 1.89. The van der Waals surface area contributed by atoms with Gasteiger partial charge in [0.1, 0.15) is 0 Å². The summed E-state index contributed by atoms with van der Waals surface area (Å²) in [7, 11) is 1.69. The smallest absolute Gasteiger partial charge is 0.236 e. The Kier molecular flexibility index (Phi) is 4.80. The molecule has 4 nitrogen and oxygen atoms in total. The number of nitrogens with one attached hydrogen (secondary N) is 1. The first kappa shape index (κ1) is 12.8. The van der Waals surface area contributed by atoms with Crippen LogP contribution in [0.25, 0.3) is 0 Å². The summed E-state index contributed by atoms with van der Waals surface area (Å²) < 4.78 is 5.06. The van der Waals surface area contributed by atoms with Crippen molar-refractivity contribution in [2.45, 2.75) is 50.6 Å². The van der Waals surface area contributed by atoms with Crippen molar-refractivity contribution in [3.63, 3.8) is 0 Å². The molecule has 0 aromatic heterocycles. The number of carbonyl (C=O) groups excluding carboxylic acids is 1. The third-order valence-electron chi connectivity index (χ3n) is 3.74. The zero-order chi connectivity index (χ0) is 12.1. The predicted molar refractivity (Wildman–Crippen MR) is 66.9 cm³/mol. The zero-order valence-electron chi connectivity index (χ0n) is 10.8. The maximum absolute atomic E-state index is 12.1. The molecule has 2 aliphatic carbocycles. The molecule has 0 aromatic rings. The summed E-state index contributed by atoms with van der Waals surface area (Å²) in [5.74, 6) is 0.247. The first-order chi connectivity index (χ1) is 8.31. The lowest BCUT2D eigenvalue weighted by Gasteiger charge is -2.23. The second kappa shape index (κ2) is 6.36. The van der Waals surface area contributed by atoms with Gasteiger partial charge in [-0.3, -0.25) is 4.79 Å². The number of hydrogen-bond acceptors (Lipinski definition) is 3. The number of nitrogens with zero attached hydrogens (tertiary/aromatic N) is 1. The van der Waals surface area contributed by atoms with E-state index >= 15 is 0 Å². The first-order valence-corrected chi connectivity index (χ1v) is 6.83. The summed E-state index contributed by atoms with van der Waals surface area (Å²) >= 11 is 0. The Balaban J connectivity index is 1.71. The lowest BCUT2D eigenvalue weighted by molar-refractivity contribution is -0.131. The van der Waals surface area contributed by atoms with Crippen molar-refractivity contribution in [3.8, 4) is 0 Å². The molecule has 4 heteroatoms. The van der Waals surface area contributed by atoms with Crippen LogP contribution >= 0.6 is 0 Å². The van der Waals surface area contributed by atoms with E-state index in [1.807, 2.05) is 4.90 Å². The Hall–Kier alpha value is -0.610. The van der Waals surface area contributed by atoms with Gasteiger partial charge in [-0.05, 0) is 25.7 Å². The van der Waals surface area contributed by atoms with Gasteiger partial charge in [0.25, 0.3) is 0 Å². The molecule has 0 unspecified atom stereocenters. The Morgan fingerprint density at radius 3 is 2.59 bits per heavy atom. The molecule has 0 atom stereocenters. The van der Waals surface area contributed by atoms with Gasteiger partial charge < -0.3 is 15.0 Å². The van der Waals surface area contributed by atoms with E-state index in [0.717, 1.165) is 6.54 Å². The first-order valence-electron chi connectivity index (χ1n) is 6.83. The number of methoxy groups -OCH3 is 1. The number of ether oxygens (including phenoxy) is 1. The minimum Gasteiger partial charge on any atom is -0.383 e. The van der Waals surface area contributed by atoms with E-state index in [4.69, 9.17) is 4.74 Å². The Labute approximate surface area is 104 Å². The van der Waals surface area contributed by atoms with Crippen LogP contribution in [0.1, 0.15) is 38.5 Å². The third kappa shape index (κ3) is 3.96. The number of hydrogen-bond donors (Lipinski definition) is 1. The molecule has 0 bridgehead atoms. The topological polar surface area (TPSA) is 41.6 Å². The van der Waals surface area contributed by atoms with E-state index in [0.29, 0.717) is 25.2 Å². The fraction of sp³-hybridized carbons (Fsp3) is 0.923. The normalized spacial score (nSPS) is 20.8. The van der Waals surface area contributed by atoms with Crippen molar-refractivity contribution < 1.29 is 9.53 Å².